The van der Waals surface area contributed by atoms with Gasteiger partial charge in [0, 0.05) is 24.9 Å². The first-order valence-electron chi connectivity index (χ1n) is 11.0. The van der Waals surface area contributed by atoms with Crippen LogP contribution in [0.3, 0.4) is 0 Å². The molecule has 0 aromatic heterocycles. The minimum Gasteiger partial charge on any atom is -0.371 e. The Morgan fingerprint density at radius 1 is 1.12 bits per heavy atom. The average Bonchev–Trinajstić information content (AvgIpc) is 3.09. The van der Waals surface area contributed by atoms with E-state index in [0.717, 1.165) is 5.56 Å². The fourth-order valence-electron chi connectivity index (χ4n) is 4.61. The minimum absolute atomic E-state index is 0.0772. The molecule has 0 radical (unpaired) electrons. The Bertz CT molecular complexity index is 1000. The molecule has 4 rings (SSSR count). The summed E-state index contributed by atoms with van der Waals surface area (Å²) in [6.07, 6.45) is -0.650. The predicted molar refractivity (Wildman–Crippen MR) is 121 cm³/mol. The summed E-state index contributed by atoms with van der Waals surface area (Å²) >= 11 is 6.11. The van der Waals surface area contributed by atoms with E-state index >= 15 is 0 Å². The third-order valence-electron chi connectivity index (χ3n) is 6.05. The normalized spacial score (nSPS) is 28.3. The molecule has 4 atom stereocenters. The van der Waals surface area contributed by atoms with E-state index in [0.29, 0.717) is 23.6 Å². The van der Waals surface area contributed by atoms with Crippen LogP contribution < -0.4 is 5.32 Å². The number of amides is 1. The molecule has 2 aromatic rings. The lowest BCUT2D eigenvalue weighted by Gasteiger charge is -2.43. The molecule has 2 aliphatic rings. The molecule has 1 heterocycles. The van der Waals surface area contributed by atoms with Crippen LogP contribution in [0.15, 0.2) is 48.5 Å². The molecule has 178 valence electrons. The van der Waals surface area contributed by atoms with Gasteiger partial charge in [0.15, 0.2) is 11.4 Å². The Balaban J connectivity index is 1.58. The zero-order valence-electron chi connectivity index (χ0n) is 19.0. The smallest absolute Gasteiger partial charge is 0.252 e. The number of nitrogens with one attached hydrogen (secondary N) is 1. The van der Waals surface area contributed by atoms with E-state index in [1.54, 1.807) is 25.2 Å². The molecule has 2 fully saturated rings. The van der Waals surface area contributed by atoms with Gasteiger partial charge in [-0.3, -0.25) is 4.79 Å². The summed E-state index contributed by atoms with van der Waals surface area (Å²) in [5.74, 6) is -1.44. The highest BCUT2D eigenvalue weighted by atomic mass is 35.5. The van der Waals surface area contributed by atoms with Crippen LogP contribution >= 0.6 is 11.6 Å². The number of carbonyl (C=O) groups excluding carboxylic acids is 1. The molecule has 1 aliphatic carbocycles. The second kappa shape index (κ2) is 9.68. The summed E-state index contributed by atoms with van der Waals surface area (Å²) < 4.78 is 38.4. The van der Waals surface area contributed by atoms with Crippen LogP contribution in [0, 0.1) is 5.82 Å². The largest absolute Gasteiger partial charge is 0.371 e. The molecule has 33 heavy (non-hydrogen) atoms. The van der Waals surface area contributed by atoms with E-state index < -0.39 is 23.6 Å². The van der Waals surface area contributed by atoms with Crippen molar-refractivity contribution in [2.24, 2.45) is 0 Å². The van der Waals surface area contributed by atoms with Gasteiger partial charge in [-0.2, -0.15) is 0 Å². The van der Waals surface area contributed by atoms with Gasteiger partial charge in [-0.15, -0.1) is 0 Å². The molecular formula is C25H29ClFNO5. The Hall–Kier alpha value is -2.03. The molecule has 1 aliphatic heterocycles. The molecule has 8 heteroatoms. The lowest BCUT2D eigenvalue weighted by molar-refractivity contribution is -0.183. The van der Waals surface area contributed by atoms with Crippen molar-refractivity contribution in [3.63, 3.8) is 0 Å². The molecule has 0 spiro atoms. The predicted octanol–water partition coefficient (Wildman–Crippen LogP) is 4.38. The second-order valence-corrected chi connectivity index (χ2v) is 9.45. The van der Waals surface area contributed by atoms with Crippen molar-refractivity contribution in [3.8, 4) is 0 Å². The fourth-order valence-corrected chi connectivity index (χ4v) is 4.83. The van der Waals surface area contributed by atoms with E-state index in [1.807, 2.05) is 32.0 Å². The van der Waals surface area contributed by atoms with Gasteiger partial charge in [0.1, 0.15) is 11.9 Å². The van der Waals surface area contributed by atoms with Crippen molar-refractivity contribution in [3.05, 3.63) is 70.5 Å². The van der Waals surface area contributed by atoms with Gasteiger partial charge in [-0.1, -0.05) is 35.9 Å². The van der Waals surface area contributed by atoms with Crippen molar-refractivity contribution < 1.29 is 28.1 Å². The number of fused-ring (bicyclic) bond motifs is 1. The van der Waals surface area contributed by atoms with Crippen LogP contribution in [0.25, 0.3) is 0 Å². The topological polar surface area (TPSA) is 66.0 Å². The monoisotopic (exact) mass is 477 g/mol. The van der Waals surface area contributed by atoms with Crippen LogP contribution in [-0.2, 0) is 37.0 Å². The number of hydrogen-bond acceptors (Lipinski definition) is 5. The zero-order valence-corrected chi connectivity index (χ0v) is 19.7. The Morgan fingerprint density at radius 3 is 2.55 bits per heavy atom. The van der Waals surface area contributed by atoms with Crippen molar-refractivity contribution >= 4 is 17.5 Å². The number of carbonyl (C=O) groups is 1. The van der Waals surface area contributed by atoms with Crippen LogP contribution in [-0.4, -0.2) is 42.7 Å². The molecule has 6 nitrogen and oxygen atoms in total. The SMILES string of the molecule is CNC(=O)[C@@]1(OCc2cccc(F)c2)C[C@H](OCc2cccc(Cl)c2)[C@@H]2OC(C)(C)O[C@@H]2C1. The summed E-state index contributed by atoms with van der Waals surface area (Å²) in [7, 11) is 1.57. The van der Waals surface area contributed by atoms with Crippen molar-refractivity contribution in [2.75, 3.05) is 7.05 Å². The van der Waals surface area contributed by atoms with Gasteiger partial charge in [-0.05, 0) is 49.2 Å². The van der Waals surface area contributed by atoms with Gasteiger partial charge in [0.25, 0.3) is 5.91 Å². The third kappa shape index (κ3) is 5.55. The molecule has 2 aromatic carbocycles. The lowest BCUT2D eigenvalue weighted by atomic mass is 9.78. The van der Waals surface area contributed by atoms with Gasteiger partial charge < -0.3 is 24.3 Å². The first-order valence-corrected chi connectivity index (χ1v) is 11.4. The number of hydrogen-bond donors (Lipinski definition) is 1. The second-order valence-electron chi connectivity index (χ2n) is 9.02. The van der Waals surface area contributed by atoms with Crippen LogP contribution in [0.1, 0.15) is 37.8 Å². The fraction of sp³-hybridized carbons (Fsp3) is 0.480. The van der Waals surface area contributed by atoms with Gasteiger partial charge in [0.2, 0.25) is 0 Å². The third-order valence-corrected chi connectivity index (χ3v) is 6.28. The van der Waals surface area contributed by atoms with Gasteiger partial charge >= 0.3 is 0 Å². The number of likely N-dealkylation sites (N-methyl/N-ethyl adjacent to an activating group) is 1. The molecule has 0 unspecified atom stereocenters. The average molecular weight is 478 g/mol. The molecule has 1 saturated carbocycles. The number of benzene rings is 2. The maximum absolute atomic E-state index is 13.7. The first-order chi connectivity index (χ1) is 15.7. The van der Waals surface area contributed by atoms with Gasteiger partial charge in [0.05, 0.1) is 25.4 Å². The summed E-state index contributed by atoms with van der Waals surface area (Å²) in [6.45, 7) is 4.06. The Labute approximate surface area is 198 Å². The number of rotatable bonds is 7. The highest BCUT2D eigenvalue weighted by Crippen LogP contribution is 2.44. The highest BCUT2D eigenvalue weighted by Gasteiger charge is 2.57. The van der Waals surface area contributed by atoms with E-state index in [4.69, 9.17) is 30.5 Å². The molecule has 1 amide bonds. The van der Waals surface area contributed by atoms with E-state index in [2.05, 4.69) is 5.32 Å². The first kappa shape index (κ1) is 24.1. The highest BCUT2D eigenvalue weighted by molar-refractivity contribution is 6.30. The van der Waals surface area contributed by atoms with Crippen LogP contribution in [0.5, 0.6) is 0 Å². The maximum atomic E-state index is 13.7. The summed E-state index contributed by atoms with van der Waals surface area (Å²) in [5, 5.41) is 3.34. The van der Waals surface area contributed by atoms with Gasteiger partial charge in [-0.25, -0.2) is 4.39 Å². The quantitative estimate of drug-likeness (QED) is 0.641. The summed E-state index contributed by atoms with van der Waals surface area (Å²) in [4.78, 5) is 13.1. The van der Waals surface area contributed by atoms with Crippen molar-refractivity contribution in [1.29, 1.82) is 0 Å². The Kier molecular flexibility index (Phi) is 7.07. The molecular weight excluding hydrogens is 449 g/mol. The summed E-state index contributed by atoms with van der Waals surface area (Å²) in [5.41, 5.74) is 0.333. The van der Waals surface area contributed by atoms with E-state index in [9.17, 15) is 9.18 Å². The lowest BCUT2D eigenvalue weighted by Crippen LogP contribution is -2.59. The number of ether oxygens (including phenoxy) is 4. The minimum atomic E-state index is -1.22. The maximum Gasteiger partial charge on any atom is 0.252 e. The molecule has 0 bridgehead atoms. The zero-order chi connectivity index (χ0) is 23.6. The molecule has 1 N–H and O–H groups in total. The molecule has 1 saturated heterocycles. The van der Waals surface area contributed by atoms with Crippen LogP contribution in [0.4, 0.5) is 4.39 Å². The number of halogens is 2. The summed E-state index contributed by atoms with van der Waals surface area (Å²) in [6, 6.07) is 13.6. The van der Waals surface area contributed by atoms with E-state index in [1.165, 1.54) is 12.1 Å². The van der Waals surface area contributed by atoms with Crippen molar-refractivity contribution in [1.82, 2.24) is 5.32 Å². The van der Waals surface area contributed by atoms with E-state index in [-0.39, 0.29) is 30.9 Å². The standard InChI is InChI=1S/C25H29ClFNO5/c1-24(2)32-21-13-25(23(29)28-3,31-15-17-7-5-9-19(27)11-17)12-20(22(21)33-24)30-14-16-6-4-8-18(26)10-16/h4-11,20-22H,12-15H2,1-3H3,(H,28,29)/t20-,21+,22-,25+/m0/s1. The van der Waals surface area contributed by atoms with Crippen molar-refractivity contribution in [2.45, 2.75) is 69.6 Å². The van der Waals surface area contributed by atoms with Crippen LogP contribution in [0.2, 0.25) is 5.02 Å². The Morgan fingerprint density at radius 2 is 1.85 bits per heavy atom.